The number of halogens is 1. The number of aliphatic imine (C=N–C) groups is 1. The monoisotopic (exact) mass is 432 g/mol. The minimum atomic E-state index is -0.105. The fraction of sp³-hybridized carbons (Fsp3) is 0.588. The lowest BCUT2D eigenvalue weighted by atomic mass is 10.1. The molecule has 4 N–H and O–H groups in total. The van der Waals surface area contributed by atoms with E-state index in [2.05, 4.69) is 47.3 Å². The number of aryl methyl sites for hydroxylation is 2. The number of rotatable bonds is 5. The molecule has 0 amide bonds. The molecular weight excluding hydrogens is 403 g/mol. The number of nitrogens with one attached hydrogen (secondary N) is 1. The molecule has 0 unspecified atom stereocenters. The summed E-state index contributed by atoms with van der Waals surface area (Å²) in [6.07, 6.45) is 2.66. The van der Waals surface area contributed by atoms with Crippen molar-refractivity contribution in [3.8, 4) is 0 Å². The number of aliphatic hydroxyl groups is 1. The molecule has 6 heteroatoms. The molecular formula is C17H29IN4O. The van der Waals surface area contributed by atoms with Crippen LogP contribution in [0.25, 0.3) is 0 Å². The molecule has 0 saturated carbocycles. The van der Waals surface area contributed by atoms with Crippen molar-refractivity contribution >= 4 is 35.6 Å². The van der Waals surface area contributed by atoms with Crippen molar-refractivity contribution in [1.82, 2.24) is 4.90 Å². The van der Waals surface area contributed by atoms with E-state index in [0.717, 1.165) is 51.1 Å². The number of hydrogen-bond donors (Lipinski definition) is 3. The Morgan fingerprint density at radius 2 is 1.87 bits per heavy atom. The van der Waals surface area contributed by atoms with Gasteiger partial charge in [-0.05, 0) is 62.9 Å². The van der Waals surface area contributed by atoms with Gasteiger partial charge >= 0.3 is 0 Å². The van der Waals surface area contributed by atoms with Crippen LogP contribution in [0.5, 0.6) is 0 Å². The van der Waals surface area contributed by atoms with Crippen LogP contribution in [0, 0.1) is 13.8 Å². The standard InChI is InChI=1S/C17H28N4O.HI/c1-13-10-14(2)12-15(11-13)20-17(18)19-6-3-7-21-8-4-16(22)5-9-21;/h10-12,16,22H,3-9H2,1-2H3,(H3,18,19,20);1H. The fourth-order valence-corrected chi connectivity index (χ4v) is 2.87. The first-order valence-corrected chi connectivity index (χ1v) is 8.08. The largest absolute Gasteiger partial charge is 0.393 e. The zero-order valence-corrected chi connectivity index (χ0v) is 16.4. The molecule has 0 atom stereocenters. The van der Waals surface area contributed by atoms with Crippen molar-refractivity contribution in [2.24, 2.45) is 10.7 Å². The summed E-state index contributed by atoms with van der Waals surface area (Å²) in [5.74, 6) is 0.471. The molecule has 5 nitrogen and oxygen atoms in total. The first-order chi connectivity index (χ1) is 10.5. The molecule has 0 bridgehead atoms. The van der Waals surface area contributed by atoms with Gasteiger partial charge in [-0.25, -0.2) is 0 Å². The topological polar surface area (TPSA) is 73.9 Å². The maximum absolute atomic E-state index is 9.48. The first kappa shape index (κ1) is 20.2. The number of anilines is 1. The number of hydrogen-bond acceptors (Lipinski definition) is 3. The van der Waals surface area contributed by atoms with Gasteiger partial charge in [0.2, 0.25) is 0 Å². The van der Waals surface area contributed by atoms with Crippen LogP contribution in [0.2, 0.25) is 0 Å². The van der Waals surface area contributed by atoms with Gasteiger partial charge in [0.25, 0.3) is 0 Å². The number of benzene rings is 1. The summed E-state index contributed by atoms with van der Waals surface area (Å²) in [5, 5.41) is 12.6. The molecule has 1 heterocycles. The van der Waals surface area contributed by atoms with Crippen LogP contribution in [0.4, 0.5) is 5.69 Å². The average molecular weight is 432 g/mol. The zero-order chi connectivity index (χ0) is 15.9. The predicted octanol–water partition coefficient (Wildman–Crippen LogP) is 2.49. The lowest BCUT2D eigenvalue weighted by molar-refractivity contribution is 0.0824. The highest BCUT2D eigenvalue weighted by atomic mass is 127. The summed E-state index contributed by atoms with van der Waals surface area (Å²) >= 11 is 0. The van der Waals surface area contributed by atoms with Gasteiger partial charge in [0, 0.05) is 25.3 Å². The fourth-order valence-electron chi connectivity index (χ4n) is 2.87. The molecule has 0 spiro atoms. The average Bonchev–Trinajstić information content (AvgIpc) is 2.44. The van der Waals surface area contributed by atoms with Crippen molar-refractivity contribution in [1.29, 1.82) is 0 Å². The third kappa shape index (κ3) is 7.50. The Kier molecular flexibility index (Phi) is 8.86. The number of aliphatic hydroxyl groups excluding tert-OH is 1. The molecule has 1 aliphatic rings. The number of nitrogens with two attached hydrogens (primary N) is 1. The van der Waals surface area contributed by atoms with E-state index < -0.39 is 0 Å². The first-order valence-electron chi connectivity index (χ1n) is 8.08. The molecule has 0 aliphatic carbocycles. The molecule has 1 aromatic rings. The second-order valence-corrected chi connectivity index (χ2v) is 6.19. The Balaban J connectivity index is 0.00000264. The zero-order valence-electron chi connectivity index (χ0n) is 14.1. The minimum absolute atomic E-state index is 0. The van der Waals surface area contributed by atoms with E-state index in [0.29, 0.717) is 5.96 Å². The van der Waals surface area contributed by atoms with E-state index in [1.807, 2.05) is 0 Å². The summed E-state index contributed by atoms with van der Waals surface area (Å²) in [6.45, 7) is 7.86. The predicted molar refractivity (Wildman–Crippen MR) is 108 cm³/mol. The molecule has 1 aliphatic heterocycles. The van der Waals surface area contributed by atoms with Crippen molar-refractivity contribution in [2.45, 2.75) is 39.2 Å². The molecule has 130 valence electrons. The molecule has 1 aromatic carbocycles. The van der Waals surface area contributed by atoms with Crippen LogP contribution in [-0.2, 0) is 0 Å². The second kappa shape index (κ2) is 10.1. The minimum Gasteiger partial charge on any atom is -0.393 e. The third-order valence-corrected chi connectivity index (χ3v) is 3.97. The highest BCUT2D eigenvalue weighted by Gasteiger charge is 2.15. The van der Waals surface area contributed by atoms with Crippen molar-refractivity contribution in [2.75, 3.05) is 31.5 Å². The van der Waals surface area contributed by atoms with Crippen LogP contribution in [0.3, 0.4) is 0 Å². The van der Waals surface area contributed by atoms with Gasteiger partial charge in [-0.3, -0.25) is 4.99 Å². The van der Waals surface area contributed by atoms with Gasteiger partial charge in [0.15, 0.2) is 5.96 Å². The Morgan fingerprint density at radius 3 is 2.48 bits per heavy atom. The van der Waals surface area contributed by atoms with Gasteiger partial charge in [-0.1, -0.05) is 6.07 Å². The van der Waals surface area contributed by atoms with Crippen LogP contribution >= 0.6 is 24.0 Å². The molecule has 2 rings (SSSR count). The summed E-state index contributed by atoms with van der Waals surface area (Å²) in [6, 6.07) is 6.26. The highest BCUT2D eigenvalue weighted by molar-refractivity contribution is 14.0. The van der Waals surface area contributed by atoms with Gasteiger partial charge < -0.3 is 21.1 Å². The van der Waals surface area contributed by atoms with E-state index in [1.54, 1.807) is 0 Å². The second-order valence-electron chi connectivity index (χ2n) is 6.19. The summed E-state index contributed by atoms with van der Waals surface area (Å²) in [7, 11) is 0. The highest BCUT2D eigenvalue weighted by Crippen LogP contribution is 2.13. The SMILES string of the molecule is Cc1cc(C)cc(NC(N)=NCCCN2CCC(O)CC2)c1.I. The third-order valence-electron chi connectivity index (χ3n) is 3.97. The van der Waals surface area contributed by atoms with Gasteiger partial charge in [-0.15, -0.1) is 24.0 Å². The maximum Gasteiger partial charge on any atom is 0.193 e. The van der Waals surface area contributed by atoms with Crippen LogP contribution in [0.15, 0.2) is 23.2 Å². The van der Waals surface area contributed by atoms with Crippen molar-refractivity contribution in [3.63, 3.8) is 0 Å². The number of nitrogens with zero attached hydrogens (tertiary/aromatic N) is 2. The Hall–Kier alpha value is -0.860. The summed E-state index contributed by atoms with van der Waals surface area (Å²) in [4.78, 5) is 6.77. The Morgan fingerprint density at radius 1 is 1.26 bits per heavy atom. The van der Waals surface area contributed by atoms with Crippen LogP contribution in [-0.4, -0.2) is 48.2 Å². The molecule has 1 fully saturated rings. The molecule has 1 saturated heterocycles. The lowest BCUT2D eigenvalue weighted by Crippen LogP contribution is -2.36. The van der Waals surface area contributed by atoms with Gasteiger partial charge in [-0.2, -0.15) is 0 Å². The van der Waals surface area contributed by atoms with Crippen LogP contribution in [0.1, 0.15) is 30.4 Å². The number of likely N-dealkylation sites (tertiary alicyclic amines) is 1. The Bertz CT molecular complexity index is 493. The van der Waals surface area contributed by atoms with E-state index >= 15 is 0 Å². The maximum atomic E-state index is 9.48. The lowest BCUT2D eigenvalue weighted by Gasteiger charge is -2.29. The smallest absolute Gasteiger partial charge is 0.193 e. The van der Waals surface area contributed by atoms with E-state index in [9.17, 15) is 5.11 Å². The number of guanidine groups is 1. The van der Waals surface area contributed by atoms with E-state index in [1.165, 1.54) is 11.1 Å². The summed E-state index contributed by atoms with van der Waals surface area (Å²) in [5.41, 5.74) is 9.35. The molecule has 23 heavy (non-hydrogen) atoms. The molecule has 0 radical (unpaired) electrons. The van der Waals surface area contributed by atoms with Crippen molar-refractivity contribution < 1.29 is 5.11 Å². The quantitative estimate of drug-likeness (QED) is 0.289. The normalized spacial score (nSPS) is 16.9. The van der Waals surface area contributed by atoms with E-state index in [4.69, 9.17) is 5.73 Å². The van der Waals surface area contributed by atoms with Gasteiger partial charge in [0.05, 0.1) is 6.10 Å². The van der Waals surface area contributed by atoms with Gasteiger partial charge in [0.1, 0.15) is 0 Å². The molecule has 0 aromatic heterocycles. The van der Waals surface area contributed by atoms with Crippen LogP contribution < -0.4 is 11.1 Å². The van der Waals surface area contributed by atoms with E-state index in [-0.39, 0.29) is 30.1 Å². The number of piperidine rings is 1. The van der Waals surface area contributed by atoms with Crippen molar-refractivity contribution in [3.05, 3.63) is 29.3 Å². The Labute approximate surface area is 156 Å². The summed E-state index contributed by atoms with van der Waals surface area (Å²) < 4.78 is 0.